The topological polar surface area (TPSA) is 79.6 Å². The maximum atomic E-state index is 13.3. The van der Waals surface area contributed by atoms with E-state index in [1.165, 1.54) is 0 Å². The molecule has 170 valence electrons. The molecule has 1 aromatic heterocycles. The average molecular weight is 455 g/mol. The molecule has 1 saturated heterocycles. The van der Waals surface area contributed by atoms with Crippen molar-refractivity contribution in [2.24, 2.45) is 11.8 Å². The number of nitrogens with one attached hydrogen (secondary N) is 1. The van der Waals surface area contributed by atoms with Crippen molar-refractivity contribution in [3.05, 3.63) is 58.8 Å². The Bertz CT molecular complexity index is 1280. The number of hydrogen-bond acceptors (Lipinski definition) is 4. The maximum absolute atomic E-state index is 13.3. The van der Waals surface area contributed by atoms with Gasteiger partial charge < -0.3 is 9.73 Å². The minimum absolute atomic E-state index is 0.188. The lowest BCUT2D eigenvalue weighted by Crippen LogP contribution is -2.42. The first kappa shape index (κ1) is 22.6. The number of amides is 1. The molecule has 1 N–H and O–H groups in total. The zero-order valence-corrected chi connectivity index (χ0v) is 20.0. The largest absolute Gasteiger partial charge is 0.451 e. The highest BCUT2D eigenvalue weighted by molar-refractivity contribution is 7.89. The van der Waals surface area contributed by atoms with E-state index < -0.39 is 10.0 Å². The minimum Gasteiger partial charge on any atom is -0.451 e. The van der Waals surface area contributed by atoms with Crippen LogP contribution in [0.5, 0.6) is 0 Å². The quantitative estimate of drug-likeness (QED) is 0.582. The molecule has 4 rings (SSSR count). The summed E-state index contributed by atoms with van der Waals surface area (Å²) in [6.45, 7) is 11.0. The number of rotatable bonds is 4. The fourth-order valence-electron chi connectivity index (χ4n) is 4.54. The molecular weight excluding hydrogens is 424 g/mol. The molecule has 7 heteroatoms. The molecule has 2 aromatic carbocycles. The molecular formula is C25H30N2O4S. The summed E-state index contributed by atoms with van der Waals surface area (Å²) in [4.78, 5) is 13.1. The van der Waals surface area contributed by atoms with E-state index in [1.54, 1.807) is 29.4 Å². The first-order valence-corrected chi connectivity index (χ1v) is 12.4. The molecule has 0 unspecified atom stereocenters. The highest BCUT2D eigenvalue weighted by atomic mass is 32.2. The van der Waals surface area contributed by atoms with Crippen LogP contribution in [0, 0.1) is 32.6 Å². The molecule has 0 spiro atoms. The van der Waals surface area contributed by atoms with Crippen molar-refractivity contribution in [3.8, 4) is 0 Å². The van der Waals surface area contributed by atoms with Crippen LogP contribution in [-0.4, -0.2) is 31.7 Å². The SMILES string of the molecule is Cc1ccc(NC(=O)c2oc3ccc(S(=O)(=O)N4C[C@H](C)C[C@@H](C)C4)cc3c2C)cc1C. The van der Waals surface area contributed by atoms with Crippen LogP contribution >= 0.6 is 0 Å². The van der Waals surface area contributed by atoms with E-state index in [-0.39, 0.29) is 16.6 Å². The monoisotopic (exact) mass is 454 g/mol. The lowest BCUT2D eigenvalue weighted by atomic mass is 9.94. The van der Waals surface area contributed by atoms with Gasteiger partial charge in [0.1, 0.15) is 5.58 Å². The molecule has 1 aliphatic rings. The van der Waals surface area contributed by atoms with Crippen LogP contribution in [0.3, 0.4) is 0 Å². The van der Waals surface area contributed by atoms with E-state index in [1.807, 2.05) is 32.0 Å². The highest BCUT2D eigenvalue weighted by Crippen LogP contribution is 2.31. The smallest absolute Gasteiger partial charge is 0.291 e. The Balaban J connectivity index is 1.65. The van der Waals surface area contributed by atoms with Crippen molar-refractivity contribution in [2.75, 3.05) is 18.4 Å². The van der Waals surface area contributed by atoms with Gasteiger partial charge in [-0.1, -0.05) is 19.9 Å². The molecule has 0 aliphatic carbocycles. The lowest BCUT2D eigenvalue weighted by molar-refractivity contribution is 0.0998. The highest BCUT2D eigenvalue weighted by Gasteiger charge is 2.32. The second kappa shape index (κ2) is 8.37. The van der Waals surface area contributed by atoms with E-state index in [0.717, 1.165) is 17.5 Å². The van der Waals surface area contributed by atoms with Crippen molar-refractivity contribution in [1.29, 1.82) is 0 Å². The summed E-state index contributed by atoms with van der Waals surface area (Å²) < 4.78 is 34.0. The van der Waals surface area contributed by atoms with Crippen LogP contribution < -0.4 is 5.32 Å². The fraction of sp³-hybridized carbons (Fsp3) is 0.400. The van der Waals surface area contributed by atoms with Gasteiger partial charge >= 0.3 is 0 Å². The molecule has 1 fully saturated rings. The Hall–Kier alpha value is -2.64. The number of hydrogen-bond donors (Lipinski definition) is 1. The van der Waals surface area contributed by atoms with Gasteiger partial charge in [0, 0.05) is 29.7 Å². The Morgan fingerprint density at radius 3 is 2.34 bits per heavy atom. The summed E-state index contributed by atoms with van der Waals surface area (Å²) in [6.07, 6.45) is 1.03. The third-order valence-electron chi connectivity index (χ3n) is 6.35. The molecule has 2 atom stereocenters. The predicted octanol–water partition coefficient (Wildman–Crippen LogP) is 5.28. The van der Waals surface area contributed by atoms with Gasteiger partial charge in [-0.05, 0) is 80.5 Å². The van der Waals surface area contributed by atoms with Crippen LogP contribution in [-0.2, 0) is 10.0 Å². The molecule has 32 heavy (non-hydrogen) atoms. The van der Waals surface area contributed by atoms with Gasteiger partial charge in [0.2, 0.25) is 10.0 Å². The number of benzene rings is 2. The van der Waals surface area contributed by atoms with Crippen molar-refractivity contribution >= 4 is 32.6 Å². The second-order valence-electron chi connectivity index (χ2n) is 9.24. The lowest BCUT2D eigenvalue weighted by Gasteiger charge is -2.34. The normalized spacial score (nSPS) is 19.9. The van der Waals surface area contributed by atoms with Crippen molar-refractivity contribution in [2.45, 2.75) is 45.9 Å². The number of furan rings is 1. The summed E-state index contributed by atoms with van der Waals surface area (Å²) in [5.74, 6) is 0.486. The Kier molecular flexibility index (Phi) is 5.90. The number of carbonyl (C=O) groups excluding carboxylic acids is 1. The van der Waals surface area contributed by atoms with Gasteiger partial charge in [-0.3, -0.25) is 4.79 Å². The average Bonchev–Trinajstić information content (AvgIpc) is 3.06. The van der Waals surface area contributed by atoms with E-state index in [0.29, 0.717) is 47.1 Å². The first-order chi connectivity index (χ1) is 15.1. The zero-order valence-electron chi connectivity index (χ0n) is 19.2. The van der Waals surface area contributed by atoms with E-state index in [9.17, 15) is 13.2 Å². The van der Waals surface area contributed by atoms with E-state index in [4.69, 9.17) is 4.42 Å². The van der Waals surface area contributed by atoms with Crippen LogP contribution in [0.2, 0.25) is 0 Å². The third kappa shape index (κ3) is 4.19. The summed E-state index contributed by atoms with van der Waals surface area (Å²) in [5.41, 5.74) is 4.04. The van der Waals surface area contributed by atoms with Crippen molar-refractivity contribution in [3.63, 3.8) is 0 Å². The Labute approximate surface area is 189 Å². The molecule has 6 nitrogen and oxygen atoms in total. The van der Waals surface area contributed by atoms with Crippen LogP contribution in [0.25, 0.3) is 11.0 Å². The minimum atomic E-state index is -3.61. The van der Waals surface area contributed by atoms with Crippen molar-refractivity contribution < 1.29 is 17.6 Å². The molecule has 3 aromatic rings. The van der Waals surface area contributed by atoms with Gasteiger partial charge in [-0.15, -0.1) is 0 Å². The van der Waals surface area contributed by atoms with Gasteiger partial charge in [-0.25, -0.2) is 8.42 Å². The number of fused-ring (bicyclic) bond motifs is 1. The molecule has 1 aliphatic heterocycles. The number of piperidine rings is 1. The molecule has 0 saturated carbocycles. The predicted molar refractivity (Wildman–Crippen MR) is 127 cm³/mol. The van der Waals surface area contributed by atoms with Crippen LogP contribution in [0.1, 0.15) is 47.5 Å². The second-order valence-corrected chi connectivity index (χ2v) is 11.2. The summed E-state index contributed by atoms with van der Waals surface area (Å²) in [5, 5.41) is 3.51. The van der Waals surface area contributed by atoms with E-state index in [2.05, 4.69) is 19.2 Å². The molecule has 0 bridgehead atoms. The molecule has 0 radical (unpaired) electrons. The Morgan fingerprint density at radius 2 is 1.69 bits per heavy atom. The van der Waals surface area contributed by atoms with Crippen LogP contribution in [0.15, 0.2) is 45.7 Å². The van der Waals surface area contributed by atoms with E-state index >= 15 is 0 Å². The third-order valence-corrected chi connectivity index (χ3v) is 8.18. The number of anilines is 1. The number of aryl methyl sites for hydroxylation is 3. The van der Waals surface area contributed by atoms with Gasteiger partial charge in [0.25, 0.3) is 5.91 Å². The number of nitrogens with zero attached hydrogens (tertiary/aromatic N) is 1. The first-order valence-electron chi connectivity index (χ1n) is 11.0. The van der Waals surface area contributed by atoms with Crippen molar-refractivity contribution in [1.82, 2.24) is 4.31 Å². The summed E-state index contributed by atoms with van der Waals surface area (Å²) in [6, 6.07) is 10.5. The Morgan fingerprint density at radius 1 is 1.00 bits per heavy atom. The van der Waals surface area contributed by atoms with Gasteiger partial charge in [0.05, 0.1) is 4.90 Å². The summed E-state index contributed by atoms with van der Waals surface area (Å²) in [7, 11) is -3.61. The maximum Gasteiger partial charge on any atom is 0.291 e. The number of carbonyl (C=O) groups is 1. The zero-order chi connectivity index (χ0) is 23.2. The molecule has 1 amide bonds. The van der Waals surface area contributed by atoms with Gasteiger partial charge in [0.15, 0.2) is 5.76 Å². The van der Waals surface area contributed by atoms with Gasteiger partial charge in [-0.2, -0.15) is 4.31 Å². The summed E-state index contributed by atoms with van der Waals surface area (Å²) >= 11 is 0. The standard InChI is InChI=1S/C25H30N2O4S/c1-15-10-16(2)14-27(13-15)32(29,30)21-8-9-23-22(12-21)19(5)24(31-23)25(28)26-20-7-6-17(3)18(4)11-20/h6-9,11-12,15-16H,10,13-14H2,1-5H3,(H,26,28)/t15-,16-/m1/s1. The molecule has 2 heterocycles. The van der Waals surface area contributed by atoms with Crippen LogP contribution in [0.4, 0.5) is 5.69 Å². The number of sulfonamides is 1. The fourth-order valence-corrected chi connectivity index (χ4v) is 6.24.